The van der Waals surface area contributed by atoms with Gasteiger partial charge in [-0.15, -0.1) is 0 Å². The molecule has 0 aromatic heterocycles. The Morgan fingerprint density at radius 2 is 1.58 bits per heavy atom. The summed E-state index contributed by atoms with van der Waals surface area (Å²) in [4.78, 5) is 26.9. The maximum absolute atomic E-state index is 12.1. The van der Waals surface area contributed by atoms with Gasteiger partial charge in [0.25, 0.3) is 0 Å². The molecule has 0 saturated carbocycles. The van der Waals surface area contributed by atoms with Crippen molar-refractivity contribution in [3.63, 3.8) is 0 Å². The van der Waals surface area contributed by atoms with E-state index in [0.29, 0.717) is 32.6 Å². The highest BCUT2D eigenvalue weighted by atomic mass is 16.2. The van der Waals surface area contributed by atoms with Crippen molar-refractivity contribution >= 4 is 11.8 Å². The van der Waals surface area contributed by atoms with E-state index in [0.717, 1.165) is 6.42 Å². The summed E-state index contributed by atoms with van der Waals surface area (Å²) in [5, 5.41) is 0. The fourth-order valence-corrected chi connectivity index (χ4v) is 2.32. The second kappa shape index (κ2) is 6.36. The first-order valence-electron chi connectivity index (χ1n) is 6.74. The number of piperazine rings is 1. The topological polar surface area (TPSA) is 40.6 Å². The quantitative estimate of drug-likeness (QED) is 0.822. The fraction of sp³-hybridized carbons (Fsp3) is 0.467. The van der Waals surface area contributed by atoms with Crippen LogP contribution in [0.4, 0.5) is 0 Å². The average molecular weight is 260 g/mol. The Bertz CT molecular complexity index is 437. The molecule has 19 heavy (non-hydrogen) atoms. The van der Waals surface area contributed by atoms with Gasteiger partial charge in [0.2, 0.25) is 11.8 Å². The van der Waals surface area contributed by atoms with E-state index in [1.165, 1.54) is 5.56 Å². The van der Waals surface area contributed by atoms with Crippen LogP contribution in [0.5, 0.6) is 0 Å². The van der Waals surface area contributed by atoms with Crippen molar-refractivity contribution in [1.82, 2.24) is 9.80 Å². The molecule has 0 radical (unpaired) electrons. The molecule has 4 heteroatoms. The van der Waals surface area contributed by atoms with Gasteiger partial charge in [0.05, 0.1) is 0 Å². The highest BCUT2D eigenvalue weighted by molar-refractivity contribution is 5.77. The van der Waals surface area contributed by atoms with Crippen molar-refractivity contribution < 1.29 is 9.59 Å². The standard InChI is InChI=1S/C15H20N2O2/c1-13(18)16-9-11-17(12-10-16)15(19)8-7-14-5-3-2-4-6-14/h2-6H,7-12H2,1H3. The number of carbonyl (C=O) groups is 2. The van der Waals surface area contributed by atoms with Crippen molar-refractivity contribution in [3.05, 3.63) is 35.9 Å². The third-order valence-corrected chi connectivity index (χ3v) is 3.55. The van der Waals surface area contributed by atoms with E-state index in [9.17, 15) is 9.59 Å². The van der Waals surface area contributed by atoms with E-state index in [-0.39, 0.29) is 11.8 Å². The summed E-state index contributed by atoms with van der Waals surface area (Å²) in [7, 11) is 0. The molecule has 2 rings (SSSR count). The zero-order valence-corrected chi connectivity index (χ0v) is 11.3. The molecule has 0 unspecified atom stereocenters. The minimum Gasteiger partial charge on any atom is -0.339 e. The number of benzene rings is 1. The first-order chi connectivity index (χ1) is 9.16. The molecule has 102 valence electrons. The van der Waals surface area contributed by atoms with Gasteiger partial charge >= 0.3 is 0 Å². The maximum atomic E-state index is 12.1. The van der Waals surface area contributed by atoms with Gasteiger partial charge < -0.3 is 9.80 Å². The van der Waals surface area contributed by atoms with Crippen LogP contribution >= 0.6 is 0 Å². The number of hydrogen-bond acceptors (Lipinski definition) is 2. The summed E-state index contributed by atoms with van der Waals surface area (Å²) in [5.74, 6) is 0.281. The molecule has 4 nitrogen and oxygen atoms in total. The largest absolute Gasteiger partial charge is 0.339 e. The van der Waals surface area contributed by atoms with Gasteiger partial charge in [-0.3, -0.25) is 9.59 Å². The van der Waals surface area contributed by atoms with Crippen LogP contribution < -0.4 is 0 Å². The summed E-state index contributed by atoms with van der Waals surface area (Å²) >= 11 is 0. The van der Waals surface area contributed by atoms with Crippen molar-refractivity contribution in [1.29, 1.82) is 0 Å². The van der Waals surface area contributed by atoms with Crippen LogP contribution in [-0.4, -0.2) is 47.8 Å². The molecule has 2 amide bonds. The van der Waals surface area contributed by atoms with Gasteiger partial charge in [0.15, 0.2) is 0 Å². The van der Waals surface area contributed by atoms with Gasteiger partial charge in [-0.05, 0) is 12.0 Å². The predicted octanol–water partition coefficient (Wildman–Crippen LogP) is 1.31. The zero-order valence-electron chi connectivity index (χ0n) is 11.3. The second-order valence-electron chi connectivity index (χ2n) is 4.87. The molecule has 1 aromatic rings. The number of aryl methyl sites for hydroxylation is 1. The normalized spacial score (nSPS) is 15.4. The van der Waals surface area contributed by atoms with Crippen LogP contribution in [0.3, 0.4) is 0 Å². The smallest absolute Gasteiger partial charge is 0.223 e. The van der Waals surface area contributed by atoms with E-state index in [1.807, 2.05) is 35.2 Å². The van der Waals surface area contributed by atoms with Crippen LogP contribution in [0.2, 0.25) is 0 Å². The Kier molecular flexibility index (Phi) is 4.55. The van der Waals surface area contributed by atoms with E-state index >= 15 is 0 Å². The summed E-state index contributed by atoms with van der Waals surface area (Å²) in [5.41, 5.74) is 1.19. The number of amides is 2. The number of nitrogens with zero attached hydrogens (tertiary/aromatic N) is 2. The molecule has 0 atom stereocenters. The molecule has 0 spiro atoms. The highest BCUT2D eigenvalue weighted by Crippen LogP contribution is 2.08. The summed E-state index contributed by atoms with van der Waals surface area (Å²) in [6.45, 7) is 4.21. The average Bonchev–Trinajstić information content (AvgIpc) is 2.46. The number of carbonyl (C=O) groups excluding carboxylic acids is 2. The molecule has 1 fully saturated rings. The molecule has 1 aliphatic heterocycles. The third-order valence-electron chi connectivity index (χ3n) is 3.55. The lowest BCUT2D eigenvalue weighted by atomic mass is 10.1. The molecular formula is C15H20N2O2. The third kappa shape index (κ3) is 3.81. The van der Waals surface area contributed by atoms with Gasteiger partial charge in [0, 0.05) is 39.5 Å². The van der Waals surface area contributed by atoms with Crippen molar-refractivity contribution in [2.24, 2.45) is 0 Å². The minimum absolute atomic E-state index is 0.0939. The van der Waals surface area contributed by atoms with Gasteiger partial charge in [-0.25, -0.2) is 0 Å². The van der Waals surface area contributed by atoms with Crippen LogP contribution in [0.1, 0.15) is 18.9 Å². The van der Waals surface area contributed by atoms with Crippen molar-refractivity contribution in [3.8, 4) is 0 Å². The number of hydrogen-bond donors (Lipinski definition) is 0. The highest BCUT2D eigenvalue weighted by Gasteiger charge is 2.21. The Labute approximate surface area is 114 Å². The lowest BCUT2D eigenvalue weighted by Gasteiger charge is -2.34. The van der Waals surface area contributed by atoms with Gasteiger partial charge in [0.1, 0.15) is 0 Å². The van der Waals surface area contributed by atoms with E-state index < -0.39 is 0 Å². The molecule has 1 aromatic carbocycles. The van der Waals surface area contributed by atoms with E-state index in [2.05, 4.69) is 0 Å². The van der Waals surface area contributed by atoms with Crippen molar-refractivity contribution in [2.75, 3.05) is 26.2 Å². The SMILES string of the molecule is CC(=O)N1CCN(C(=O)CCc2ccccc2)CC1. The minimum atomic E-state index is 0.0939. The van der Waals surface area contributed by atoms with Crippen LogP contribution in [0.25, 0.3) is 0 Å². The molecular weight excluding hydrogens is 240 g/mol. The van der Waals surface area contributed by atoms with Crippen molar-refractivity contribution in [2.45, 2.75) is 19.8 Å². The second-order valence-corrected chi connectivity index (χ2v) is 4.87. The monoisotopic (exact) mass is 260 g/mol. The van der Waals surface area contributed by atoms with Gasteiger partial charge in [-0.2, -0.15) is 0 Å². The van der Waals surface area contributed by atoms with Crippen LogP contribution in [-0.2, 0) is 16.0 Å². The molecule has 0 bridgehead atoms. The molecule has 1 saturated heterocycles. The van der Waals surface area contributed by atoms with Crippen LogP contribution in [0, 0.1) is 0 Å². The lowest BCUT2D eigenvalue weighted by molar-refractivity contribution is -0.138. The Morgan fingerprint density at radius 3 is 2.16 bits per heavy atom. The molecule has 1 heterocycles. The van der Waals surface area contributed by atoms with Crippen LogP contribution in [0.15, 0.2) is 30.3 Å². The first kappa shape index (κ1) is 13.6. The molecule has 0 N–H and O–H groups in total. The fourth-order valence-electron chi connectivity index (χ4n) is 2.32. The first-order valence-corrected chi connectivity index (χ1v) is 6.74. The molecule has 0 aliphatic carbocycles. The zero-order chi connectivity index (χ0) is 13.7. The van der Waals surface area contributed by atoms with E-state index in [4.69, 9.17) is 0 Å². The number of rotatable bonds is 3. The summed E-state index contributed by atoms with van der Waals surface area (Å²) in [6, 6.07) is 10.0. The van der Waals surface area contributed by atoms with Gasteiger partial charge in [-0.1, -0.05) is 30.3 Å². The lowest BCUT2D eigenvalue weighted by Crippen LogP contribution is -2.50. The molecule has 1 aliphatic rings. The Balaban J connectivity index is 1.77. The van der Waals surface area contributed by atoms with E-state index in [1.54, 1.807) is 11.8 Å². The summed E-state index contributed by atoms with van der Waals surface area (Å²) < 4.78 is 0. The predicted molar refractivity (Wildman–Crippen MR) is 73.6 cm³/mol. The maximum Gasteiger partial charge on any atom is 0.223 e. The summed E-state index contributed by atoms with van der Waals surface area (Å²) in [6.07, 6.45) is 1.33. The Hall–Kier alpha value is -1.84. The Morgan fingerprint density at radius 1 is 1.00 bits per heavy atom.